The molecule has 0 aliphatic carbocycles. The van der Waals surface area contributed by atoms with Crippen LogP contribution in [0.25, 0.3) is 0 Å². The lowest BCUT2D eigenvalue weighted by molar-refractivity contribution is 0.0827. The molecule has 0 fully saturated rings. The Balaban J connectivity index is 0.00000364. The summed E-state index contributed by atoms with van der Waals surface area (Å²) in [6.45, 7) is 3.47. The molecule has 1 heterocycles. The largest absolute Gasteiger partial charge is 0.356 e. The molecule has 2 rings (SSSR count). The Morgan fingerprint density at radius 3 is 2.63 bits per heavy atom. The maximum Gasteiger partial charge on any atom is 0.253 e. The van der Waals surface area contributed by atoms with Gasteiger partial charge in [0.25, 0.3) is 5.91 Å². The van der Waals surface area contributed by atoms with E-state index in [9.17, 15) is 4.79 Å². The molecule has 0 unspecified atom stereocenters. The van der Waals surface area contributed by atoms with Gasteiger partial charge in [0, 0.05) is 45.7 Å². The van der Waals surface area contributed by atoms with E-state index in [-0.39, 0.29) is 29.9 Å². The first-order valence-corrected chi connectivity index (χ1v) is 9.42. The lowest BCUT2D eigenvalue weighted by Crippen LogP contribution is -2.39. The number of hydrogen-bond donors (Lipinski definition) is 1. The molecule has 1 aromatic carbocycles. The van der Waals surface area contributed by atoms with E-state index in [1.165, 1.54) is 0 Å². The second-order valence-electron chi connectivity index (χ2n) is 6.34. The molecule has 0 saturated carbocycles. The molecule has 2 aromatic rings. The first-order chi connectivity index (χ1) is 12.4. The molecule has 0 bridgehead atoms. The lowest BCUT2D eigenvalue weighted by atomic mass is 10.1. The van der Waals surface area contributed by atoms with Gasteiger partial charge in [-0.05, 0) is 31.0 Å². The average Bonchev–Trinajstić information content (AvgIpc) is 3.02. The first kappa shape index (κ1) is 23.4. The molecule has 0 aliphatic rings. The van der Waals surface area contributed by atoms with Crippen LogP contribution in [0, 0.1) is 6.92 Å². The SMILES string of the molecule is CN=C(NCCc1cccc(C(=O)N(C)C)c1)N(C)Cc1csc(C)n1.I. The molecular formula is C19H28IN5OS. The van der Waals surface area contributed by atoms with Crippen LogP contribution in [-0.4, -0.2) is 61.4 Å². The number of benzene rings is 1. The second kappa shape index (κ2) is 11.2. The highest BCUT2D eigenvalue weighted by Crippen LogP contribution is 2.10. The van der Waals surface area contributed by atoms with Gasteiger partial charge in [0.15, 0.2) is 5.96 Å². The van der Waals surface area contributed by atoms with Crippen LogP contribution in [0.4, 0.5) is 0 Å². The molecule has 0 saturated heterocycles. The summed E-state index contributed by atoms with van der Waals surface area (Å²) in [7, 11) is 7.31. The number of thiazole rings is 1. The molecule has 1 N–H and O–H groups in total. The second-order valence-corrected chi connectivity index (χ2v) is 7.40. The van der Waals surface area contributed by atoms with Gasteiger partial charge >= 0.3 is 0 Å². The van der Waals surface area contributed by atoms with E-state index < -0.39 is 0 Å². The maximum absolute atomic E-state index is 12.1. The summed E-state index contributed by atoms with van der Waals surface area (Å²) < 4.78 is 0. The molecule has 0 aliphatic heterocycles. The predicted molar refractivity (Wildman–Crippen MR) is 123 cm³/mol. The van der Waals surface area contributed by atoms with Crippen molar-refractivity contribution in [2.24, 2.45) is 4.99 Å². The number of carbonyl (C=O) groups is 1. The van der Waals surface area contributed by atoms with Crippen molar-refractivity contribution in [1.82, 2.24) is 20.1 Å². The van der Waals surface area contributed by atoms with E-state index in [4.69, 9.17) is 0 Å². The quantitative estimate of drug-likeness (QED) is 0.376. The molecular weight excluding hydrogens is 473 g/mol. The smallest absolute Gasteiger partial charge is 0.253 e. The third-order valence-corrected chi connectivity index (χ3v) is 4.74. The van der Waals surface area contributed by atoms with Crippen LogP contribution in [-0.2, 0) is 13.0 Å². The summed E-state index contributed by atoms with van der Waals surface area (Å²) >= 11 is 1.66. The van der Waals surface area contributed by atoms with Crippen molar-refractivity contribution < 1.29 is 4.79 Å². The average molecular weight is 501 g/mol. The van der Waals surface area contributed by atoms with E-state index in [2.05, 4.69) is 25.6 Å². The Morgan fingerprint density at radius 2 is 2.04 bits per heavy atom. The number of halogens is 1. The zero-order valence-corrected chi connectivity index (χ0v) is 19.7. The maximum atomic E-state index is 12.1. The minimum absolute atomic E-state index is 0. The Kier molecular flexibility index (Phi) is 9.71. The number of carbonyl (C=O) groups excluding carboxylic acids is 1. The lowest BCUT2D eigenvalue weighted by Gasteiger charge is -2.21. The van der Waals surface area contributed by atoms with Crippen LogP contribution in [0.1, 0.15) is 26.6 Å². The molecule has 1 aromatic heterocycles. The highest BCUT2D eigenvalue weighted by atomic mass is 127. The fraction of sp³-hybridized carbons (Fsp3) is 0.421. The Labute approximate surface area is 182 Å². The number of amides is 1. The van der Waals surface area contributed by atoms with E-state index in [0.29, 0.717) is 5.56 Å². The zero-order chi connectivity index (χ0) is 19.1. The van der Waals surface area contributed by atoms with Crippen molar-refractivity contribution in [2.45, 2.75) is 19.9 Å². The highest BCUT2D eigenvalue weighted by Gasteiger charge is 2.10. The summed E-state index contributed by atoms with van der Waals surface area (Å²) in [6.07, 6.45) is 0.817. The van der Waals surface area contributed by atoms with Crippen LogP contribution >= 0.6 is 35.3 Å². The third kappa shape index (κ3) is 7.10. The normalized spacial score (nSPS) is 10.9. The molecule has 8 heteroatoms. The molecule has 6 nitrogen and oxygen atoms in total. The Morgan fingerprint density at radius 1 is 1.30 bits per heavy atom. The van der Waals surface area contributed by atoms with Crippen molar-refractivity contribution in [3.05, 3.63) is 51.5 Å². The van der Waals surface area contributed by atoms with Crippen molar-refractivity contribution in [3.63, 3.8) is 0 Å². The molecule has 27 heavy (non-hydrogen) atoms. The number of aryl methyl sites for hydroxylation is 1. The molecule has 148 valence electrons. The number of hydrogen-bond acceptors (Lipinski definition) is 4. The topological polar surface area (TPSA) is 60.8 Å². The van der Waals surface area contributed by atoms with Crippen molar-refractivity contribution >= 4 is 47.2 Å². The van der Waals surface area contributed by atoms with Gasteiger partial charge in [0.1, 0.15) is 0 Å². The molecule has 0 radical (unpaired) electrons. The van der Waals surface area contributed by atoms with Gasteiger partial charge in [0.2, 0.25) is 0 Å². The van der Waals surface area contributed by atoms with Crippen molar-refractivity contribution in [2.75, 3.05) is 34.7 Å². The predicted octanol–water partition coefficient (Wildman–Crippen LogP) is 3.02. The fourth-order valence-corrected chi connectivity index (χ4v) is 3.22. The number of rotatable bonds is 6. The Bertz CT molecular complexity index is 775. The molecule has 0 spiro atoms. The first-order valence-electron chi connectivity index (χ1n) is 8.54. The minimum Gasteiger partial charge on any atom is -0.356 e. The van der Waals surface area contributed by atoms with E-state index in [0.717, 1.165) is 41.7 Å². The van der Waals surface area contributed by atoms with Gasteiger partial charge in [-0.1, -0.05) is 12.1 Å². The van der Waals surface area contributed by atoms with Crippen LogP contribution < -0.4 is 5.32 Å². The summed E-state index contributed by atoms with van der Waals surface area (Å²) in [4.78, 5) is 24.5. The summed E-state index contributed by atoms with van der Waals surface area (Å²) in [5, 5.41) is 6.52. The van der Waals surface area contributed by atoms with Crippen LogP contribution in [0.15, 0.2) is 34.6 Å². The minimum atomic E-state index is 0. The fourth-order valence-electron chi connectivity index (χ4n) is 2.62. The number of guanidine groups is 1. The van der Waals surface area contributed by atoms with Gasteiger partial charge in [-0.3, -0.25) is 9.79 Å². The van der Waals surface area contributed by atoms with Gasteiger partial charge in [-0.25, -0.2) is 4.98 Å². The van der Waals surface area contributed by atoms with Gasteiger partial charge < -0.3 is 15.1 Å². The van der Waals surface area contributed by atoms with E-state index in [1.54, 1.807) is 37.4 Å². The summed E-state index contributed by atoms with van der Waals surface area (Å²) in [6, 6.07) is 7.77. The third-order valence-electron chi connectivity index (χ3n) is 3.92. The van der Waals surface area contributed by atoms with Crippen molar-refractivity contribution in [3.8, 4) is 0 Å². The van der Waals surface area contributed by atoms with E-state index >= 15 is 0 Å². The van der Waals surface area contributed by atoms with Gasteiger partial charge in [-0.2, -0.15) is 0 Å². The van der Waals surface area contributed by atoms with Crippen LogP contribution in [0.5, 0.6) is 0 Å². The van der Waals surface area contributed by atoms with Gasteiger partial charge in [0.05, 0.1) is 17.2 Å². The van der Waals surface area contributed by atoms with E-state index in [1.807, 2.05) is 38.2 Å². The number of nitrogens with zero attached hydrogens (tertiary/aromatic N) is 4. The summed E-state index contributed by atoms with van der Waals surface area (Å²) in [5.74, 6) is 0.852. The zero-order valence-electron chi connectivity index (χ0n) is 16.5. The van der Waals surface area contributed by atoms with Gasteiger partial charge in [-0.15, -0.1) is 35.3 Å². The number of nitrogens with one attached hydrogen (secondary N) is 1. The van der Waals surface area contributed by atoms with Crippen molar-refractivity contribution in [1.29, 1.82) is 0 Å². The molecule has 0 atom stereocenters. The Hall–Kier alpha value is -1.68. The molecule has 1 amide bonds. The number of aliphatic imine (C=N–C) groups is 1. The highest BCUT2D eigenvalue weighted by molar-refractivity contribution is 14.0. The van der Waals surface area contributed by atoms with Crippen LogP contribution in [0.2, 0.25) is 0 Å². The summed E-state index contributed by atoms with van der Waals surface area (Å²) in [5.41, 5.74) is 2.89. The number of aromatic nitrogens is 1. The van der Waals surface area contributed by atoms with Crippen LogP contribution in [0.3, 0.4) is 0 Å². The standard InChI is InChI=1S/C19H27N5OS.HI/c1-14-22-17(13-26-14)12-24(5)19(20-2)21-10-9-15-7-6-8-16(11-15)18(25)23(3)4;/h6-8,11,13H,9-10,12H2,1-5H3,(H,20,21);1H. The monoisotopic (exact) mass is 501 g/mol.